The molecule has 0 bridgehead atoms. The molecule has 1 aliphatic heterocycles. The highest BCUT2D eigenvalue weighted by atomic mass is 79.9. The first kappa shape index (κ1) is 16.6. The average Bonchev–Trinajstić information content (AvgIpc) is 2.97. The largest absolute Gasteiger partial charge is 0.298 e. The molecule has 4 nitrogen and oxygen atoms in total. The van der Waals surface area contributed by atoms with E-state index >= 15 is 0 Å². The van der Waals surface area contributed by atoms with E-state index in [2.05, 4.69) is 38.1 Å². The van der Waals surface area contributed by atoms with E-state index in [9.17, 15) is 4.79 Å². The van der Waals surface area contributed by atoms with Crippen molar-refractivity contribution in [3.05, 3.63) is 45.4 Å². The summed E-state index contributed by atoms with van der Waals surface area (Å²) < 4.78 is 0.893. The van der Waals surface area contributed by atoms with Gasteiger partial charge in [-0.1, -0.05) is 28.4 Å². The van der Waals surface area contributed by atoms with Gasteiger partial charge in [-0.3, -0.25) is 15.0 Å². The number of carbonyl (C=O) groups excluding carboxylic acids is 1. The van der Waals surface area contributed by atoms with Gasteiger partial charge in [0.05, 0.1) is 0 Å². The summed E-state index contributed by atoms with van der Waals surface area (Å²) in [4.78, 5) is 20.3. The first-order valence-corrected chi connectivity index (χ1v) is 9.48. The number of hydrogen-bond donors (Lipinski definition) is 1. The zero-order valence-corrected chi connectivity index (χ0v) is 15.5. The van der Waals surface area contributed by atoms with E-state index in [4.69, 9.17) is 0 Å². The number of likely N-dealkylation sites (tertiary alicyclic amines) is 1. The van der Waals surface area contributed by atoms with Gasteiger partial charge in [0.25, 0.3) is 5.91 Å². The monoisotopic (exact) mass is 393 g/mol. The molecule has 6 heteroatoms. The minimum Gasteiger partial charge on any atom is -0.298 e. The van der Waals surface area contributed by atoms with Crippen LogP contribution >= 0.6 is 27.3 Å². The second kappa shape index (κ2) is 7.55. The Bertz CT molecular complexity index is 688. The van der Waals surface area contributed by atoms with Crippen LogP contribution in [0, 0.1) is 0 Å². The van der Waals surface area contributed by atoms with Gasteiger partial charge >= 0.3 is 0 Å². The van der Waals surface area contributed by atoms with E-state index in [1.807, 2.05) is 18.3 Å². The van der Waals surface area contributed by atoms with Gasteiger partial charge in [-0.05, 0) is 44.5 Å². The lowest BCUT2D eigenvalue weighted by molar-refractivity contribution is 0.102. The summed E-state index contributed by atoms with van der Waals surface area (Å²) in [6, 6.07) is 7.98. The lowest BCUT2D eigenvalue weighted by atomic mass is 10.0. The second-order valence-corrected chi connectivity index (χ2v) is 7.94. The Kier molecular flexibility index (Phi) is 5.46. The van der Waals surface area contributed by atoms with Gasteiger partial charge in [-0.25, -0.2) is 4.98 Å². The van der Waals surface area contributed by atoms with Crippen molar-refractivity contribution in [2.24, 2.45) is 0 Å². The minimum atomic E-state index is -0.126. The summed E-state index contributed by atoms with van der Waals surface area (Å²) in [6.07, 6.45) is 5.75. The molecule has 1 saturated heterocycles. The van der Waals surface area contributed by atoms with Crippen molar-refractivity contribution in [1.82, 2.24) is 9.88 Å². The molecule has 0 spiro atoms. The first-order chi connectivity index (χ1) is 11.1. The smallest absolute Gasteiger partial charge is 0.257 e. The number of benzene rings is 1. The van der Waals surface area contributed by atoms with Crippen LogP contribution in [0.3, 0.4) is 0 Å². The fourth-order valence-electron chi connectivity index (χ4n) is 2.83. The summed E-state index contributed by atoms with van der Waals surface area (Å²) in [7, 11) is 0. The highest BCUT2D eigenvalue weighted by Gasteiger charge is 2.19. The molecule has 0 aliphatic carbocycles. The Morgan fingerprint density at radius 3 is 3.13 bits per heavy atom. The lowest BCUT2D eigenvalue weighted by Gasteiger charge is -2.32. The van der Waals surface area contributed by atoms with E-state index in [1.54, 1.807) is 23.5 Å². The topological polar surface area (TPSA) is 45.2 Å². The number of amides is 1. The minimum absolute atomic E-state index is 0.126. The highest BCUT2D eigenvalue weighted by Crippen LogP contribution is 2.24. The summed E-state index contributed by atoms with van der Waals surface area (Å²) in [5.74, 6) is -0.126. The number of rotatable bonds is 4. The Labute approximate surface area is 149 Å². The SMILES string of the molecule is CC1CCCCN1Cc1cnc(NC(=O)c2cccc(Br)c2)s1. The molecule has 2 aromatic rings. The van der Waals surface area contributed by atoms with Crippen molar-refractivity contribution in [1.29, 1.82) is 0 Å². The number of aromatic nitrogens is 1. The molecule has 1 aromatic carbocycles. The summed E-state index contributed by atoms with van der Waals surface area (Å²) in [5.41, 5.74) is 0.626. The summed E-state index contributed by atoms with van der Waals surface area (Å²) >= 11 is 4.94. The zero-order valence-electron chi connectivity index (χ0n) is 13.1. The highest BCUT2D eigenvalue weighted by molar-refractivity contribution is 9.10. The molecule has 1 atom stereocenters. The van der Waals surface area contributed by atoms with Crippen LogP contribution in [0.5, 0.6) is 0 Å². The molecule has 3 rings (SSSR count). The molecule has 1 aliphatic rings. The Hall–Kier alpha value is -1.24. The number of piperidine rings is 1. The molecule has 0 saturated carbocycles. The van der Waals surface area contributed by atoms with Crippen LogP contribution < -0.4 is 5.32 Å². The van der Waals surface area contributed by atoms with Gasteiger partial charge in [0.2, 0.25) is 0 Å². The Morgan fingerprint density at radius 2 is 2.35 bits per heavy atom. The first-order valence-electron chi connectivity index (χ1n) is 7.87. The number of halogens is 1. The predicted octanol–water partition coefficient (Wildman–Crippen LogP) is 4.53. The van der Waals surface area contributed by atoms with E-state index in [0.717, 1.165) is 17.6 Å². The van der Waals surface area contributed by atoms with E-state index in [1.165, 1.54) is 24.1 Å². The van der Waals surface area contributed by atoms with E-state index < -0.39 is 0 Å². The van der Waals surface area contributed by atoms with Crippen LogP contribution in [0.2, 0.25) is 0 Å². The molecule has 0 radical (unpaired) electrons. The molecular weight excluding hydrogens is 374 g/mol. The standard InChI is InChI=1S/C17H20BrN3OS/c1-12-5-2-3-8-21(12)11-15-10-19-17(23-15)20-16(22)13-6-4-7-14(18)9-13/h4,6-7,9-10,12H,2-3,5,8,11H2,1H3,(H,19,20,22). The van der Waals surface area contributed by atoms with Gasteiger partial charge < -0.3 is 0 Å². The number of thiazole rings is 1. The van der Waals surface area contributed by atoms with E-state index in [0.29, 0.717) is 16.7 Å². The molecule has 1 N–H and O–H groups in total. The van der Waals surface area contributed by atoms with Crippen LogP contribution in [0.15, 0.2) is 34.9 Å². The number of anilines is 1. The number of hydrogen-bond acceptors (Lipinski definition) is 4. The fourth-order valence-corrected chi connectivity index (χ4v) is 4.06. The van der Waals surface area contributed by atoms with Gasteiger partial charge in [0, 0.05) is 33.7 Å². The Balaban J connectivity index is 1.61. The van der Waals surface area contributed by atoms with Crippen molar-refractivity contribution in [3.63, 3.8) is 0 Å². The summed E-state index contributed by atoms with van der Waals surface area (Å²) in [5, 5.41) is 3.55. The van der Waals surface area contributed by atoms with Gasteiger partial charge in [-0.2, -0.15) is 0 Å². The van der Waals surface area contributed by atoms with Crippen LogP contribution in [0.1, 0.15) is 41.4 Å². The maximum absolute atomic E-state index is 12.2. The van der Waals surface area contributed by atoms with Gasteiger partial charge in [-0.15, -0.1) is 11.3 Å². The fraction of sp³-hybridized carbons (Fsp3) is 0.412. The third-order valence-corrected chi connectivity index (χ3v) is 5.55. The lowest BCUT2D eigenvalue weighted by Crippen LogP contribution is -2.36. The Morgan fingerprint density at radius 1 is 1.48 bits per heavy atom. The van der Waals surface area contributed by atoms with E-state index in [-0.39, 0.29) is 5.91 Å². The van der Waals surface area contributed by atoms with Crippen molar-refractivity contribution in [3.8, 4) is 0 Å². The second-order valence-electron chi connectivity index (χ2n) is 5.91. The number of carbonyl (C=O) groups is 1. The quantitative estimate of drug-likeness (QED) is 0.829. The maximum atomic E-state index is 12.2. The number of nitrogens with one attached hydrogen (secondary N) is 1. The van der Waals surface area contributed by atoms with Gasteiger partial charge in [0.1, 0.15) is 0 Å². The molecular formula is C17H20BrN3OS. The molecule has 122 valence electrons. The van der Waals surface area contributed by atoms with Crippen LogP contribution in [0.25, 0.3) is 0 Å². The van der Waals surface area contributed by atoms with Crippen molar-refractivity contribution < 1.29 is 4.79 Å². The van der Waals surface area contributed by atoms with Crippen molar-refractivity contribution in [2.75, 3.05) is 11.9 Å². The molecule has 23 heavy (non-hydrogen) atoms. The van der Waals surface area contributed by atoms with Crippen LogP contribution in [0.4, 0.5) is 5.13 Å². The summed E-state index contributed by atoms with van der Waals surface area (Å²) in [6.45, 7) is 4.36. The zero-order chi connectivity index (χ0) is 16.2. The average molecular weight is 394 g/mol. The predicted molar refractivity (Wildman–Crippen MR) is 97.9 cm³/mol. The maximum Gasteiger partial charge on any atom is 0.257 e. The van der Waals surface area contributed by atoms with Gasteiger partial charge in [0.15, 0.2) is 5.13 Å². The molecule has 1 aromatic heterocycles. The van der Waals surface area contributed by atoms with Crippen molar-refractivity contribution in [2.45, 2.75) is 38.8 Å². The third-order valence-electron chi connectivity index (χ3n) is 4.16. The molecule has 1 unspecified atom stereocenters. The molecule has 1 amide bonds. The van der Waals surface area contributed by atoms with Crippen LogP contribution in [-0.4, -0.2) is 28.4 Å². The molecule has 2 heterocycles. The molecule has 1 fully saturated rings. The normalized spacial score (nSPS) is 18.8. The van der Waals surface area contributed by atoms with Crippen LogP contribution in [-0.2, 0) is 6.54 Å². The third kappa shape index (κ3) is 4.40. The number of nitrogens with zero attached hydrogens (tertiary/aromatic N) is 2. The van der Waals surface area contributed by atoms with Crippen molar-refractivity contribution >= 4 is 38.3 Å².